The lowest BCUT2D eigenvalue weighted by atomic mass is 10.1. The van der Waals surface area contributed by atoms with Gasteiger partial charge in [-0.3, -0.25) is 14.9 Å². The first-order valence-corrected chi connectivity index (χ1v) is 12.3. The monoisotopic (exact) mass is 479 g/mol. The minimum Gasteiger partial charge on any atom is -0.493 e. The number of H-pyrrole nitrogens is 2. The van der Waals surface area contributed by atoms with E-state index in [0.29, 0.717) is 22.9 Å². The second-order valence-electron chi connectivity index (χ2n) is 8.74. The second-order valence-corrected chi connectivity index (χ2v) is 9.69. The van der Waals surface area contributed by atoms with Crippen LogP contribution < -0.4 is 16.4 Å². The number of aromatic amines is 2. The number of thiophene rings is 1. The van der Waals surface area contributed by atoms with Gasteiger partial charge in [-0.25, -0.2) is 9.78 Å². The molecule has 1 saturated heterocycles. The van der Waals surface area contributed by atoms with E-state index in [1.165, 1.54) is 4.88 Å². The molecule has 2 aliphatic rings. The molecule has 3 N–H and O–H groups in total. The average molecular weight is 480 g/mol. The molecule has 2 fully saturated rings. The number of ether oxygens (including phenoxy) is 1. The number of rotatable bonds is 5. The predicted molar refractivity (Wildman–Crippen MR) is 128 cm³/mol. The number of hydrogen-bond donors (Lipinski definition) is 3. The van der Waals surface area contributed by atoms with Gasteiger partial charge in [-0.15, -0.1) is 11.3 Å². The number of aromatic hydroxyl groups is 1. The van der Waals surface area contributed by atoms with Gasteiger partial charge >= 0.3 is 5.69 Å². The molecule has 1 aliphatic heterocycles. The van der Waals surface area contributed by atoms with Crippen molar-refractivity contribution in [2.24, 2.45) is 4.99 Å². The first-order chi connectivity index (χ1) is 16.5. The number of hydrogen-bond acceptors (Lipinski definition) is 8. The molecule has 0 amide bonds. The third-order valence-corrected chi connectivity index (χ3v) is 7.40. The van der Waals surface area contributed by atoms with Crippen molar-refractivity contribution in [2.75, 3.05) is 26.3 Å². The van der Waals surface area contributed by atoms with E-state index < -0.39 is 5.69 Å². The number of fused-ring (bicyclic) bond motifs is 1. The van der Waals surface area contributed by atoms with Crippen LogP contribution in [0.3, 0.4) is 0 Å². The zero-order valence-corrected chi connectivity index (χ0v) is 19.5. The fraction of sp³-hybridized carbons (Fsp3) is 0.391. The molecule has 0 radical (unpaired) electrons. The Morgan fingerprint density at radius 1 is 1.29 bits per heavy atom. The molecule has 4 aromatic rings. The Kier molecular flexibility index (Phi) is 5.31. The molecule has 10 nitrogen and oxygen atoms in total. The van der Waals surface area contributed by atoms with Crippen LogP contribution in [0.25, 0.3) is 23.0 Å². The number of nitrogens with zero attached hydrogens (tertiary/aromatic N) is 5. The minimum atomic E-state index is -0.474. The van der Waals surface area contributed by atoms with Gasteiger partial charge in [-0.05, 0) is 31.9 Å². The maximum Gasteiger partial charge on any atom is 0.326 e. The largest absolute Gasteiger partial charge is 0.493 e. The summed E-state index contributed by atoms with van der Waals surface area (Å²) in [5.41, 5.74) is 3.05. The van der Waals surface area contributed by atoms with Crippen LogP contribution in [0.1, 0.15) is 36.4 Å². The third-order valence-electron chi connectivity index (χ3n) is 6.30. The molecule has 1 atom stereocenters. The van der Waals surface area contributed by atoms with Gasteiger partial charge in [0.2, 0.25) is 5.88 Å². The summed E-state index contributed by atoms with van der Waals surface area (Å²) in [5.74, 6) is -0.219. The van der Waals surface area contributed by atoms with E-state index in [1.54, 1.807) is 28.1 Å². The van der Waals surface area contributed by atoms with Crippen molar-refractivity contribution in [3.63, 3.8) is 0 Å². The normalized spacial score (nSPS) is 19.3. The molecular formula is C23H25N7O3S. The Bertz CT molecular complexity index is 1520. The van der Waals surface area contributed by atoms with Gasteiger partial charge in [0.15, 0.2) is 11.1 Å². The van der Waals surface area contributed by atoms with Gasteiger partial charge in [0, 0.05) is 46.2 Å². The van der Waals surface area contributed by atoms with Gasteiger partial charge in [0.1, 0.15) is 5.69 Å². The molecule has 6 rings (SSSR count). The lowest BCUT2D eigenvalue weighted by Crippen LogP contribution is -2.37. The highest BCUT2D eigenvalue weighted by atomic mass is 32.1. The van der Waals surface area contributed by atoms with E-state index in [1.807, 2.05) is 6.07 Å². The van der Waals surface area contributed by atoms with Crippen LogP contribution in [0, 0.1) is 0 Å². The molecule has 1 unspecified atom stereocenters. The standard InChI is InChI=1S/C23H25N7O3S/c1-13(29-4-6-33-7-5-29)19-9-15(12-34-19)17-10-20(25-16-2-3-16)30-21(26-17)14(11-24-30)8-18-22(31)28-23(32)27-18/h8-13,16,31H,2-7H2,1H3,(H2,27,28,32)/b14-8-,25-20?. The second kappa shape index (κ2) is 8.49. The van der Waals surface area contributed by atoms with Crippen LogP contribution in [0.4, 0.5) is 0 Å². The smallest absolute Gasteiger partial charge is 0.326 e. The molecule has 176 valence electrons. The molecule has 1 saturated carbocycles. The molecule has 4 aromatic heterocycles. The third kappa shape index (κ3) is 4.06. The number of nitrogens with one attached hydrogen (secondary N) is 2. The molecule has 34 heavy (non-hydrogen) atoms. The molecular weight excluding hydrogens is 454 g/mol. The van der Waals surface area contributed by atoms with E-state index >= 15 is 0 Å². The fourth-order valence-electron chi connectivity index (χ4n) is 4.19. The number of aromatic nitrogens is 5. The van der Waals surface area contributed by atoms with Gasteiger partial charge in [0.25, 0.3) is 0 Å². The summed E-state index contributed by atoms with van der Waals surface area (Å²) in [6, 6.07) is 4.83. The van der Waals surface area contributed by atoms with E-state index in [0.717, 1.165) is 55.9 Å². The summed E-state index contributed by atoms with van der Waals surface area (Å²) in [6.07, 6.45) is 5.49. The fourth-order valence-corrected chi connectivity index (χ4v) is 5.19. The molecule has 5 heterocycles. The summed E-state index contributed by atoms with van der Waals surface area (Å²) < 4.78 is 7.22. The highest BCUT2D eigenvalue weighted by Crippen LogP contribution is 2.31. The van der Waals surface area contributed by atoms with E-state index in [-0.39, 0.29) is 11.6 Å². The van der Waals surface area contributed by atoms with Crippen molar-refractivity contribution in [1.82, 2.24) is 29.5 Å². The van der Waals surface area contributed by atoms with Crippen LogP contribution >= 0.6 is 11.3 Å². The topological polar surface area (TPSA) is 124 Å². The summed E-state index contributed by atoms with van der Waals surface area (Å²) in [4.78, 5) is 29.9. The maximum absolute atomic E-state index is 11.5. The average Bonchev–Trinajstić information content (AvgIpc) is 3.22. The SMILES string of the molecule is CC(c1cc(-c2cc(=NC3CC3)n3nc/c(=C/c4[nH]c(=O)[nH]c4O)c3n2)cs1)N1CCOCC1. The van der Waals surface area contributed by atoms with E-state index in [9.17, 15) is 9.90 Å². The lowest BCUT2D eigenvalue weighted by Gasteiger charge is -2.31. The quantitative estimate of drug-likeness (QED) is 0.395. The van der Waals surface area contributed by atoms with Gasteiger partial charge in [-0.1, -0.05) is 0 Å². The van der Waals surface area contributed by atoms with Gasteiger partial charge in [-0.2, -0.15) is 9.61 Å². The molecule has 0 bridgehead atoms. The van der Waals surface area contributed by atoms with Crippen molar-refractivity contribution in [1.29, 1.82) is 0 Å². The van der Waals surface area contributed by atoms with Crippen molar-refractivity contribution in [2.45, 2.75) is 31.8 Å². The summed E-state index contributed by atoms with van der Waals surface area (Å²) in [6.45, 7) is 5.66. The molecule has 0 aromatic carbocycles. The van der Waals surface area contributed by atoms with Crippen LogP contribution in [0.15, 0.2) is 33.5 Å². The highest BCUT2D eigenvalue weighted by Gasteiger charge is 2.22. The van der Waals surface area contributed by atoms with E-state index in [4.69, 9.17) is 14.7 Å². The zero-order chi connectivity index (χ0) is 23.2. The molecule has 1 aliphatic carbocycles. The Hall–Kier alpha value is -3.28. The minimum absolute atomic E-state index is 0.219. The van der Waals surface area contributed by atoms with Crippen molar-refractivity contribution < 1.29 is 9.84 Å². The summed E-state index contributed by atoms with van der Waals surface area (Å²) in [5, 5.41) is 17.3. The Morgan fingerprint density at radius 3 is 2.85 bits per heavy atom. The predicted octanol–water partition coefficient (Wildman–Crippen LogP) is 1.18. The Balaban J connectivity index is 1.45. The first-order valence-electron chi connectivity index (χ1n) is 11.4. The summed E-state index contributed by atoms with van der Waals surface area (Å²) in [7, 11) is 0. The van der Waals surface area contributed by atoms with Crippen molar-refractivity contribution in [3.05, 3.63) is 55.5 Å². The molecule has 0 spiro atoms. The van der Waals surface area contributed by atoms with E-state index in [2.05, 4.69) is 38.3 Å². The van der Waals surface area contributed by atoms with Crippen LogP contribution in [-0.2, 0) is 4.74 Å². The zero-order valence-electron chi connectivity index (χ0n) is 18.7. The summed E-state index contributed by atoms with van der Waals surface area (Å²) >= 11 is 1.74. The van der Waals surface area contributed by atoms with Crippen LogP contribution in [0.5, 0.6) is 5.88 Å². The van der Waals surface area contributed by atoms with Crippen LogP contribution in [-0.4, -0.2) is 66.9 Å². The Morgan fingerprint density at radius 2 is 2.12 bits per heavy atom. The van der Waals surface area contributed by atoms with Gasteiger partial charge < -0.3 is 14.8 Å². The Labute approximate surface area is 198 Å². The number of imidazole rings is 1. The maximum atomic E-state index is 11.5. The number of morpholine rings is 1. The lowest BCUT2D eigenvalue weighted by molar-refractivity contribution is 0.0205. The van der Waals surface area contributed by atoms with Crippen molar-refractivity contribution >= 4 is 23.1 Å². The van der Waals surface area contributed by atoms with Crippen LogP contribution in [0.2, 0.25) is 0 Å². The molecule has 11 heteroatoms. The first kappa shape index (κ1) is 21.3. The van der Waals surface area contributed by atoms with Gasteiger partial charge in [0.05, 0.1) is 31.1 Å². The van der Waals surface area contributed by atoms with Crippen molar-refractivity contribution in [3.8, 4) is 17.1 Å². The highest BCUT2D eigenvalue weighted by molar-refractivity contribution is 7.10.